The van der Waals surface area contributed by atoms with Crippen molar-refractivity contribution >= 4 is 22.6 Å². The third kappa shape index (κ3) is 2.96. The summed E-state index contributed by atoms with van der Waals surface area (Å²) in [4.78, 5) is 14.2. The Labute approximate surface area is 138 Å². The molecule has 4 rings (SSSR count). The highest BCUT2D eigenvalue weighted by Gasteiger charge is 2.45. The number of aromatic hydroxyl groups is 1. The fraction of sp³-hybridized carbons (Fsp3) is 0.471. The lowest BCUT2D eigenvalue weighted by Crippen LogP contribution is -2.30. The minimum Gasteiger partial charge on any atom is -0.506 e. The summed E-state index contributed by atoms with van der Waals surface area (Å²) in [5.74, 6) is -0.0837. The summed E-state index contributed by atoms with van der Waals surface area (Å²) in [6.07, 6.45) is 2.42. The van der Waals surface area contributed by atoms with E-state index in [-0.39, 0.29) is 10.8 Å². The first-order valence-electron chi connectivity index (χ1n) is 7.80. The van der Waals surface area contributed by atoms with Gasteiger partial charge in [0.05, 0.1) is 18.2 Å². The molecule has 2 fully saturated rings. The summed E-state index contributed by atoms with van der Waals surface area (Å²) < 4.78 is 10.9. The van der Waals surface area contributed by atoms with Crippen LogP contribution < -0.4 is 5.63 Å². The number of nitrogens with zero attached hydrogens (tertiary/aromatic N) is 1. The molecule has 2 heterocycles. The van der Waals surface area contributed by atoms with Crippen molar-refractivity contribution in [3.8, 4) is 5.75 Å². The van der Waals surface area contributed by atoms with Crippen LogP contribution in [0.5, 0.6) is 5.75 Å². The van der Waals surface area contributed by atoms with Crippen LogP contribution in [0.1, 0.15) is 18.4 Å². The second kappa shape index (κ2) is 5.51. The molecule has 0 radical (unpaired) electrons. The average molecular weight is 336 g/mol. The van der Waals surface area contributed by atoms with Gasteiger partial charge in [0.15, 0.2) is 0 Å². The molecule has 122 valence electrons. The average Bonchev–Trinajstić information content (AvgIpc) is 3.28. The van der Waals surface area contributed by atoms with Crippen molar-refractivity contribution in [2.24, 2.45) is 5.41 Å². The minimum absolute atomic E-state index is 0.0837. The maximum absolute atomic E-state index is 11.8. The predicted octanol–water partition coefficient (Wildman–Crippen LogP) is 2.76. The zero-order valence-corrected chi connectivity index (χ0v) is 13.4. The predicted molar refractivity (Wildman–Crippen MR) is 86.9 cm³/mol. The topological polar surface area (TPSA) is 62.9 Å². The molecule has 1 aromatic carbocycles. The van der Waals surface area contributed by atoms with Gasteiger partial charge in [-0.05, 0) is 24.5 Å². The van der Waals surface area contributed by atoms with Crippen LogP contribution >= 0.6 is 11.6 Å². The largest absolute Gasteiger partial charge is 0.506 e. The molecule has 1 spiro atoms. The van der Waals surface area contributed by atoms with Crippen molar-refractivity contribution < 1.29 is 14.3 Å². The zero-order valence-electron chi connectivity index (χ0n) is 12.7. The van der Waals surface area contributed by atoms with Crippen molar-refractivity contribution in [2.45, 2.75) is 19.4 Å². The van der Waals surface area contributed by atoms with E-state index in [0.29, 0.717) is 24.1 Å². The first kappa shape index (κ1) is 15.0. The quantitative estimate of drug-likeness (QED) is 0.855. The lowest BCUT2D eigenvalue weighted by atomic mass is 10.1. The number of hydrogen-bond donors (Lipinski definition) is 1. The number of ether oxygens (including phenoxy) is 1. The van der Waals surface area contributed by atoms with E-state index in [1.807, 2.05) is 0 Å². The van der Waals surface area contributed by atoms with Gasteiger partial charge in [-0.1, -0.05) is 11.6 Å². The van der Waals surface area contributed by atoms with E-state index < -0.39 is 5.63 Å². The Kier molecular flexibility index (Phi) is 3.59. The van der Waals surface area contributed by atoms with E-state index in [2.05, 4.69) is 4.90 Å². The Morgan fingerprint density at radius 3 is 2.91 bits per heavy atom. The van der Waals surface area contributed by atoms with E-state index in [9.17, 15) is 9.90 Å². The third-order valence-electron chi connectivity index (χ3n) is 4.77. The van der Waals surface area contributed by atoms with E-state index >= 15 is 0 Å². The van der Waals surface area contributed by atoms with Gasteiger partial charge in [-0.3, -0.25) is 4.90 Å². The van der Waals surface area contributed by atoms with Crippen molar-refractivity contribution in [3.63, 3.8) is 0 Å². The van der Waals surface area contributed by atoms with Crippen LogP contribution in [0.25, 0.3) is 11.0 Å². The number of phenolic OH excluding ortho intramolecular Hbond substituents is 1. The maximum Gasteiger partial charge on any atom is 0.336 e. The van der Waals surface area contributed by atoms with Gasteiger partial charge in [0.1, 0.15) is 11.3 Å². The summed E-state index contributed by atoms with van der Waals surface area (Å²) in [6, 6.07) is 4.57. The summed E-state index contributed by atoms with van der Waals surface area (Å²) in [5, 5.41) is 10.7. The lowest BCUT2D eigenvalue weighted by Gasteiger charge is -2.23. The van der Waals surface area contributed by atoms with Gasteiger partial charge in [-0.25, -0.2) is 4.79 Å². The molecule has 1 saturated heterocycles. The Bertz CT molecular complexity index is 812. The molecule has 0 atom stereocenters. The molecular formula is C17H18ClNO4. The smallest absolute Gasteiger partial charge is 0.336 e. The lowest BCUT2D eigenvalue weighted by molar-refractivity contribution is 0.115. The van der Waals surface area contributed by atoms with Crippen LogP contribution in [-0.4, -0.2) is 36.3 Å². The highest BCUT2D eigenvalue weighted by molar-refractivity contribution is 6.32. The molecule has 6 heteroatoms. The van der Waals surface area contributed by atoms with Gasteiger partial charge in [-0.15, -0.1) is 0 Å². The van der Waals surface area contributed by atoms with Gasteiger partial charge in [0.25, 0.3) is 0 Å². The van der Waals surface area contributed by atoms with Gasteiger partial charge in [0.2, 0.25) is 0 Å². The minimum atomic E-state index is -0.415. The van der Waals surface area contributed by atoms with E-state index in [1.54, 1.807) is 6.07 Å². The normalized spacial score (nSPS) is 20.7. The van der Waals surface area contributed by atoms with Crippen LogP contribution in [0, 0.1) is 5.41 Å². The fourth-order valence-corrected chi connectivity index (χ4v) is 3.47. The van der Waals surface area contributed by atoms with Crippen molar-refractivity contribution in [2.75, 3.05) is 26.3 Å². The summed E-state index contributed by atoms with van der Waals surface area (Å²) in [5.41, 5.74) is 1.13. The molecule has 1 aromatic heterocycles. The SMILES string of the molecule is O=c1cc(CN2CCOCC3(CC3)C2)c2cc(Cl)c(O)cc2o1. The van der Waals surface area contributed by atoms with Gasteiger partial charge < -0.3 is 14.3 Å². The Morgan fingerprint density at radius 1 is 1.30 bits per heavy atom. The number of benzene rings is 1. The van der Waals surface area contributed by atoms with Crippen molar-refractivity contribution in [1.82, 2.24) is 4.90 Å². The highest BCUT2D eigenvalue weighted by atomic mass is 35.5. The van der Waals surface area contributed by atoms with E-state index in [4.69, 9.17) is 20.8 Å². The highest BCUT2D eigenvalue weighted by Crippen LogP contribution is 2.47. The molecular weight excluding hydrogens is 318 g/mol. The molecule has 0 bridgehead atoms. The molecule has 0 unspecified atom stereocenters. The van der Waals surface area contributed by atoms with Gasteiger partial charge in [0, 0.05) is 42.6 Å². The molecule has 1 aliphatic carbocycles. The van der Waals surface area contributed by atoms with Crippen LogP contribution in [-0.2, 0) is 11.3 Å². The van der Waals surface area contributed by atoms with E-state index in [0.717, 1.165) is 30.6 Å². The molecule has 5 nitrogen and oxygen atoms in total. The zero-order chi connectivity index (χ0) is 16.0. The molecule has 2 aliphatic rings. The number of rotatable bonds is 2. The van der Waals surface area contributed by atoms with E-state index in [1.165, 1.54) is 25.0 Å². The molecule has 2 aromatic rings. The first-order valence-corrected chi connectivity index (χ1v) is 8.18. The van der Waals surface area contributed by atoms with Crippen LogP contribution in [0.4, 0.5) is 0 Å². The standard InChI is InChI=1S/C17H18ClNO4/c18-13-6-12-11(5-16(21)23-15(12)7-14(13)20)8-19-3-4-22-10-17(9-19)1-2-17/h5-7,20H,1-4,8-10H2. The fourth-order valence-electron chi connectivity index (χ4n) is 3.30. The third-order valence-corrected chi connectivity index (χ3v) is 5.07. The van der Waals surface area contributed by atoms with Crippen LogP contribution in [0.15, 0.2) is 27.4 Å². The van der Waals surface area contributed by atoms with Crippen LogP contribution in [0.2, 0.25) is 5.02 Å². The molecule has 1 aliphatic heterocycles. The summed E-state index contributed by atoms with van der Waals surface area (Å²) >= 11 is 6.02. The summed E-state index contributed by atoms with van der Waals surface area (Å²) in [6.45, 7) is 4.02. The van der Waals surface area contributed by atoms with Crippen molar-refractivity contribution in [1.29, 1.82) is 0 Å². The Morgan fingerprint density at radius 2 is 2.13 bits per heavy atom. The number of fused-ring (bicyclic) bond motifs is 1. The summed E-state index contributed by atoms with van der Waals surface area (Å²) in [7, 11) is 0. The second-order valence-corrected chi connectivity index (χ2v) is 7.06. The Balaban J connectivity index is 1.70. The number of phenols is 1. The maximum atomic E-state index is 11.8. The molecule has 0 amide bonds. The second-order valence-electron chi connectivity index (χ2n) is 6.65. The van der Waals surface area contributed by atoms with Gasteiger partial charge in [-0.2, -0.15) is 0 Å². The van der Waals surface area contributed by atoms with Crippen LogP contribution in [0.3, 0.4) is 0 Å². The first-order chi connectivity index (χ1) is 11.0. The Hall–Kier alpha value is -1.56. The molecule has 1 saturated carbocycles. The monoisotopic (exact) mass is 335 g/mol. The molecule has 1 N–H and O–H groups in total. The number of halogens is 1. The molecule has 23 heavy (non-hydrogen) atoms. The van der Waals surface area contributed by atoms with Crippen molar-refractivity contribution in [3.05, 3.63) is 39.2 Å². The van der Waals surface area contributed by atoms with Gasteiger partial charge >= 0.3 is 5.63 Å². The number of hydrogen-bond acceptors (Lipinski definition) is 5.